The molecule has 124 valence electrons. The van der Waals surface area contributed by atoms with Gasteiger partial charge in [-0.2, -0.15) is 5.26 Å². The van der Waals surface area contributed by atoms with Crippen LogP contribution < -0.4 is 14.8 Å². The Balaban J connectivity index is 1.89. The second kappa shape index (κ2) is 8.37. The van der Waals surface area contributed by atoms with E-state index in [1.165, 1.54) is 0 Å². The molecule has 0 aliphatic rings. The Bertz CT molecular complexity index is 754. The van der Waals surface area contributed by atoms with E-state index in [0.717, 1.165) is 15.8 Å². The number of ether oxygens (including phenoxy) is 2. The molecule has 1 amide bonds. The molecular weight excluding hydrogens is 372 g/mol. The molecule has 0 aromatic heterocycles. The number of amides is 1. The van der Waals surface area contributed by atoms with Crippen LogP contribution in [0, 0.1) is 11.3 Å². The summed E-state index contributed by atoms with van der Waals surface area (Å²) in [6.45, 7) is 1.81. The number of halogens is 1. The molecule has 2 aromatic carbocycles. The monoisotopic (exact) mass is 388 g/mol. The Labute approximate surface area is 149 Å². The third-order valence-electron chi connectivity index (χ3n) is 3.41. The average Bonchev–Trinajstić information content (AvgIpc) is 2.60. The molecule has 2 aromatic rings. The molecule has 0 radical (unpaired) electrons. The number of carbonyl (C=O) groups is 1. The van der Waals surface area contributed by atoms with Crippen molar-refractivity contribution >= 4 is 21.8 Å². The van der Waals surface area contributed by atoms with Crippen molar-refractivity contribution in [2.24, 2.45) is 0 Å². The SMILES string of the molecule is COc1ccc([C@@H](C)NC(=O)COc2ccc(C#N)cc2)cc1Br. The van der Waals surface area contributed by atoms with Crippen molar-refractivity contribution in [3.8, 4) is 17.6 Å². The Kier molecular flexibility index (Phi) is 6.21. The van der Waals surface area contributed by atoms with Crippen LogP contribution >= 0.6 is 15.9 Å². The lowest BCUT2D eigenvalue weighted by atomic mass is 10.1. The van der Waals surface area contributed by atoms with Gasteiger partial charge in [-0.15, -0.1) is 0 Å². The minimum atomic E-state index is -0.223. The minimum absolute atomic E-state index is 0.0897. The topological polar surface area (TPSA) is 71.3 Å². The van der Waals surface area contributed by atoms with E-state index in [4.69, 9.17) is 14.7 Å². The predicted octanol–water partition coefficient (Wildman–Crippen LogP) is 3.59. The molecule has 1 N–H and O–H groups in total. The van der Waals surface area contributed by atoms with Crippen LogP contribution in [0.2, 0.25) is 0 Å². The summed E-state index contributed by atoms with van der Waals surface area (Å²) in [5, 5.41) is 11.6. The zero-order valence-corrected chi connectivity index (χ0v) is 15.0. The zero-order chi connectivity index (χ0) is 17.5. The summed E-state index contributed by atoms with van der Waals surface area (Å²) in [6, 6.07) is 14.1. The number of hydrogen-bond donors (Lipinski definition) is 1. The number of hydrogen-bond acceptors (Lipinski definition) is 4. The van der Waals surface area contributed by atoms with Gasteiger partial charge in [-0.25, -0.2) is 0 Å². The highest BCUT2D eigenvalue weighted by molar-refractivity contribution is 9.10. The van der Waals surface area contributed by atoms with Crippen LogP contribution in [0.3, 0.4) is 0 Å². The third-order valence-corrected chi connectivity index (χ3v) is 4.03. The van der Waals surface area contributed by atoms with E-state index in [9.17, 15) is 4.79 Å². The average molecular weight is 389 g/mol. The highest BCUT2D eigenvalue weighted by Gasteiger charge is 2.12. The summed E-state index contributed by atoms with van der Waals surface area (Å²) in [6.07, 6.45) is 0. The molecule has 0 saturated heterocycles. The maximum absolute atomic E-state index is 12.0. The summed E-state index contributed by atoms with van der Waals surface area (Å²) < 4.78 is 11.4. The Hall–Kier alpha value is -2.52. The van der Waals surface area contributed by atoms with E-state index in [0.29, 0.717) is 11.3 Å². The van der Waals surface area contributed by atoms with E-state index in [1.807, 2.05) is 31.2 Å². The Morgan fingerprint density at radius 3 is 2.58 bits per heavy atom. The van der Waals surface area contributed by atoms with Crippen molar-refractivity contribution < 1.29 is 14.3 Å². The van der Waals surface area contributed by atoms with Gasteiger partial charge in [-0.05, 0) is 64.8 Å². The predicted molar refractivity (Wildman–Crippen MR) is 93.9 cm³/mol. The largest absolute Gasteiger partial charge is 0.496 e. The van der Waals surface area contributed by atoms with Crippen molar-refractivity contribution in [2.75, 3.05) is 13.7 Å². The van der Waals surface area contributed by atoms with Gasteiger partial charge in [0.1, 0.15) is 11.5 Å². The second-order valence-electron chi connectivity index (χ2n) is 5.11. The molecule has 0 unspecified atom stereocenters. The molecular formula is C18H17BrN2O3. The smallest absolute Gasteiger partial charge is 0.258 e. The molecule has 0 saturated carbocycles. The van der Waals surface area contributed by atoms with E-state index in [1.54, 1.807) is 31.4 Å². The molecule has 6 heteroatoms. The van der Waals surface area contributed by atoms with Crippen molar-refractivity contribution in [1.29, 1.82) is 5.26 Å². The van der Waals surface area contributed by atoms with Crippen LogP contribution in [0.4, 0.5) is 0 Å². The number of rotatable bonds is 6. The summed E-state index contributed by atoms with van der Waals surface area (Å²) in [5.41, 5.74) is 1.50. The summed E-state index contributed by atoms with van der Waals surface area (Å²) in [7, 11) is 1.60. The van der Waals surface area contributed by atoms with E-state index < -0.39 is 0 Å². The van der Waals surface area contributed by atoms with Gasteiger partial charge in [0.2, 0.25) is 0 Å². The summed E-state index contributed by atoms with van der Waals surface area (Å²) >= 11 is 3.43. The van der Waals surface area contributed by atoms with Crippen LogP contribution in [0.1, 0.15) is 24.1 Å². The lowest BCUT2D eigenvalue weighted by Crippen LogP contribution is -2.31. The lowest BCUT2D eigenvalue weighted by molar-refractivity contribution is -0.123. The lowest BCUT2D eigenvalue weighted by Gasteiger charge is -2.16. The third kappa shape index (κ3) is 4.74. The maximum atomic E-state index is 12.0. The van der Waals surface area contributed by atoms with E-state index >= 15 is 0 Å². The molecule has 5 nitrogen and oxygen atoms in total. The first-order valence-corrected chi connectivity index (χ1v) is 8.08. The van der Waals surface area contributed by atoms with Crippen LogP contribution in [0.15, 0.2) is 46.9 Å². The van der Waals surface area contributed by atoms with Crippen molar-refractivity contribution in [3.63, 3.8) is 0 Å². The normalized spacial score (nSPS) is 11.2. The first-order valence-electron chi connectivity index (χ1n) is 7.29. The van der Waals surface area contributed by atoms with Gasteiger partial charge in [-0.3, -0.25) is 4.79 Å². The van der Waals surface area contributed by atoms with Gasteiger partial charge in [0, 0.05) is 0 Å². The fourth-order valence-electron chi connectivity index (χ4n) is 2.09. The van der Waals surface area contributed by atoms with E-state index in [-0.39, 0.29) is 18.6 Å². The number of nitrogens with one attached hydrogen (secondary N) is 1. The molecule has 2 rings (SSSR count). The molecule has 0 bridgehead atoms. The van der Waals surface area contributed by atoms with Crippen molar-refractivity contribution in [1.82, 2.24) is 5.32 Å². The number of nitrogens with zero attached hydrogens (tertiary/aromatic N) is 1. The van der Waals surface area contributed by atoms with Gasteiger partial charge < -0.3 is 14.8 Å². The first kappa shape index (κ1) is 17.8. The van der Waals surface area contributed by atoms with Gasteiger partial charge in [0.05, 0.1) is 29.3 Å². The van der Waals surface area contributed by atoms with Crippen LogP contribution in [0.5, 0.6) is 11.5 Å². The van der Waals surface area contributed by atoms with Crippen molar-refractivity contribution in [2.45, 2.75) is 13.0 Å². The van der Waals surface area contributed by atoms with Crippen LogP contribution in [0.25, 0.3) is 0 Å². The highest BCUT2D eigenvalue weighted by Crippen LogP contribution is 2.27. The molecule has 0 aliphatic heterocycles. The van der Waals surface area contributed by atoms with Gasteiger partial charge in [0.15, 0.2) is 6.61 Å². The van der Waals surface area contributed by atoms with Crippen molar-refractivity contribution in [3.05, 3.63) is 58.1 Å². The summed E-state index contributed by atoms with van der Waals surface area (Å²) in [5.74, 6) is 1.06. The standard InChI is InChI=1S/C18H17BrN2O3/c1-12(14-5-8-17(23-2)16(19)9-14)21-18(22)11-24-15-6-3-13(10-20)4-7-15/h3-9,12H,11H2,1-2H3,(H,21,22)/t12-/m1/s1. The molecule has 0 aliphatic carbocycles. The molecule has 0 heterocycles. The molecule has 0 spiro atoms. The Morgan fingerprint density at radius 1 is 1.29 bits per heavy atom. The minimum Gasteiger partial charge on any atom is -0.496 e. The Morgan fingerprint density at radius 2 is 2.00 bits per heavy atom. The van der Waals surface area contributed by atoms with E-state index in [2.05, 4.69) is 21.2 Å². The molecule has 24 heavy (non-hydrogen) atoms. The number of benzene rings is 2. The second-order valence-corrected chi connectivity index (χ2v) is 5.96. The highest BCUT2D eigenvalue weighted by atomic mass is 79.9. The first-order chi connectivity index (χ1) is 11.5. The summed E-state index contributed by atoms with van der Waals surface area (Å²) in [4.78, 5) is 12.0. The molecule has 1 atom stereocenters. The van der Waals surface area contributed by atoms with Crippen LogP contribution in [-0.2, 0) is 4.79 Å². The number of methoxy groups -OCH3 is 1. The van der Waals surface area contributed by atoms with Gasteiger partial charge in [0.25, 0.3) is 5.91 Å². The van der Waals surface area contributed by atoms with Gasteiger partial charge in [-0.1, -0.05) is 6.07 Å². The quantitative estimate of drug-likeness (QED) is 0.820. The van der Waals surface area contributed by atoms with Crippen LogP contribution in [-0.4, -0.2) is 19.6 Å². The molecule has 0 fully saturated rings. The fourth-order valence-corrected chi connectivity index (χ4v) is 2.65. The zero-order valence-electron chi connectivity index (χ0n) is 13.4. The fraction of sp³-hybridized carbons (Fsp3) is 0.222. The number of nitriles is 1. The maximum Gasteiger partial charge on any atom is 0.258 e. The number of carbonyl (C=O) groups excluding carboxylic acids is 1. The van der Waals surface area contributed by atoms with Gasteiger partial charge >= 0.3 is 0 Å².